The van der Waals surface area contributed by atoms with Gasteiger partial charge in [0.2, 0.25) is 0 Å². The van der Waals surface area contributed by atoms with Crippen LogP contribution in [0.4, 0.5) is 0 Å². The number of hydrogen-bond acceptors (Lipinski definition) is 1. The zero-order chi connectivity index (χ0) is 21.4. The maximum Gasteiger partial charge on any atom is 0.360 e. The van der Waals surface area contributed by atoms with Crippen LogP contribution in [0.1, 0.15) is 123 Å². The Labute approximate surface area is 182 Å². The minimum atomic E-state index is 0.0465. The summed E-state index contributed by atoms with van der Waals surface area (Å²) in [5.41, 5.74) is 4.77. The lowest BCUT2D eigenvalue weighted by Gasteiger charge is -2.54. The molecule has 0 N–H and O–H groups in total. The summed E-state index contributed by atoms with van der Waals surface area (Å²) in [5, 5.41) is 1.52. The van der Waals surface area contributed by atoms with Crippen LogP contribution in [0.5, 0.6) is 0 Å². The average molecular weight is 422 g/mol. The Morgan fingerprint density at radius 3 is 1.64 bits per heavy atom. The SMILES string of the molecule is CC(C)c1cc(C(C)C)c(PB(Cl)N2C(C)(C)CCCC2(C)C)c(C(C)C)c1. The van der Waals surface area contributed by atoms with Crippen LogP contribution in [0.15, 0.2) is 12.1 Å². The van der Waals surface area contributed by atoms with Crippen LogP contribution >= 0.6 is 19.9 Å². The summed E-state index contributed by atoms with van der Waals surface area (Å²) in [6, 6.07) is 4.92. The quantitative estimate of drug-likeness (QED) is 0.337. The zero-order valence-electron chi connectivity index (χ0n) is 19.9. The highest BCUT2D eigenvalue weighted by Gasteiger charge is 2.46. The molecule has 158 valence electrons. The third kappa shape index (κ3) is 5.17. The lowest BCUT2D eigenvalue weighted by Crippen LogP contribution is -2.62. The summed E-state index contributed by atoms with van der Waals surface area (Å²) in [6.07, 6.45) is 3.75. The monoisotopic (exact) mass is 421 g/mol. The van der Waals surface area contributed by atoms with Gasteiger partial charge in [-0.1, -0.05) is 62.1 Å². The first-order valence-corrected chi connectivity index (χ1v) is 12.7. The van der Waals surface area contributed by atoms with Crippen LogP contribution in [-0.4, -0.2) is 21.9 Å². The molecule has 0 aliphatic carbocycles. The lowest BCUT2D eigenvalue weighted by molar-refractivity contribution is 0.0546. The van der Waals surface area contributed by atoms with Crippen molar-refractivity contribution in [2.75, 3.05) is 0 Å². The van der Waals surface area contributed by atoms with Crippen molar-refractivity contribution < 1.29 is 0 Å². The minimum Gasteiger partial charge on any atom is -0.315 e. The predicted molar refractivity (Wildman–Crippen MR) is 132 cm³/mol. The van der Waals surface area contributed by atoms with E-state index in [4.69, 9.17) is 11.5 Å². The van der Waals surface area contributed by atoms with Crippen LogP contribution < -0.4 is 5.30 Å². The van der Waals surface area contributed by atoms with Gasteiger partial charge < -0.3 is 4.81 Å². The van der Waals surface area contributed by atoms with Crippen molar-refractivity contribution in [3.05, 3.63) is 28.8 Å². The Kier molecular flexibility index (Phi) is 7.78. The molecule has 0 bridgehead atoms. The van der Waals surface area contributed by atoms with Gasteiger partial charge in [0.1, 0.15) is 0 Å². The van der Waals surface area contributed by atoms with E-state index in [1.165, 1.54) is 41.3 Å². The van der Waals surface area contributed by atoms with Gasteiger partial charge in [-0.15, -0.1) is 0 Å². The fraction of sp³-hybridized carbons (Fsp3) is 0.750. The molecule has 1 nitrogen and oxygen atoms in total. The van der Waals surface area contributed by atoms with Crippen LogP contribution in [0.2, 0.25) is 0 Å². The average Bonchev–Trinajstić information content (AvgIpc) is 2.52. The molecule has 1 aliphatic heterocycles. The second kappa shape index (κ2) is 8.99. The van der Waals surface area contributed by atoms with Gasteiger partial charge in [0.15, 0.2) is 0 Å². The summed E-state index contributed by atoms with van der Waals surface area (Å²) in [5.74, 6) is 1.64. The first kappa shape index (κ1) is 24.2. The second-order valence-corrected chi connectivity index (χ2v) is 13.0. The Balaban J connectivity index is 2.51. The van der Waals surface area contributed by atoms with E-state index >= 15 is 0 Å². The van der Waals surface area contributed by atoms with Crippen molar-refractivity contribution in [2.45, 2.75) is 117 Å². The molecule has 1 saturated heterocycles. The van der Waals surface area contributed by atoms with E-state index in [2.05, 4.69) is 86.2 Å². The largest absolute Gasteiger partial charge is 0.360 e. The molecule has 0 radical (unpaired) electrons. The van der Waals surface area contributed by atoms with Crippen LogP contribution in [0.3, 0.4) is 0 Å². The summed E-state index contributed by atoms with van der Waals surface area (Å²) >= 11 is 7.26. The van der Waals surface area contributed by atoms with E-state index in [-0.39, 0.29) is 17.1 Å². The Morgan fingerprint density at radius 1 is 0.857 bits per heavy atom. The number of nitrogens with zero attached hydrogens (tertiary/aromatic N) is 1. The normalized spacial score (nSPS) is 20.1. The Hall–Kier alpha value is -0.0351. The van der Waals surface area contributed by atoms with Gasteiger partial charge in [-0.05, 0) is 86.7 Å². The van der Waals surface area contributed by atoms with Crippen molar-refractivity contribution in [3.8, 4) is 0 Å². The van der Waals surface area contributed by atoms with E-state index in [9.17, 15) is 0 Å². The fourth-order valence-electron chi connectivity index (χ4n) is 4.93. The first-order chi connectivity index (χ1) is 12.8. The van der Waals surface area contributed by atoms with E-state index < -0.39 is 0 Å². The molecule has 0 spiro atoms. The molecular formula is C24H42BClNP. The van der Waals surface area contributed by atoms with Crippen molar-refractivity contribution >= 4 is 31.2 Å². The molecular weight excluding hydrogens is 380 g/mol. The highest BCUT2D eigenvalue weighted by molar-refractivity contribution is 7.89. The number of benzene rings is 1. The molecule has 1 aliphatic rings. The standard InChI is InChI=1S/C24H42BClNP/c1-16(2)19-14-20(17(3)4)22(21(15-19)18(5)6)28-25(26)27-23(7,8)12-11-13-24(27,9)10/h14-18,28H,11-13H2,1-10H3. The van der Waals surface area contributed by atoms with Gasteiger partial charge >= 0.3 is 5.98 Å². The number of halogens is 1. The smallest absolute Gasteiger partial charge is 0.315 e. The maximum absolute atomic E-state index is 7.26. The van der Waals surface area contributed by atoms with Crippen molar-refractivity contribution in [1.82, 2.24) is 4.81 Å². The molecule has 4 heteroatoms. The molecule has 1 heterocycles. The third-order valence-corrected chi connectivity index (χ3v) is 8.39. The molecule has 1 aromatic carbocycles. The van der Waals surface area contributed by atoms with Gasteiger partial charge in [0, 0.05) is 11.1 Å². The first-order valence-electron chi connectivity index (χ1n) is 11.2. The second-order valence-electron chi connectivity index (χ2n) is 10.9. The highest BCUT2D eigenvalue weighted by atomic mass is 35.5. The van der Waals surface area contributed by atoms with Crippen LogP contribution in [0.25, 0.3) is 0 Å². The van der Waals surface area contributed by atoms with Gasteiger partial charge in [-0.2, -0.15) is 11.5 Å². The van der Waals surface area contributed by atoms with Crippen molar-refractivity contribution in [1.29, 1.82) is 0 Å². The molecule has 1 aromatic rings. The Morgan fingerprint density at radius 2 is 1.29 bits per heavy atom. The van der Waals surface area contributed by atoms with Crippen molar-refractivity contribution in [3.63, 3.8) is 0 Å². The van der Waals surface area contributed by atoms with Crippen LogP contribution in [-0.2, 0) is 0 Å². The van der Waals surface area contributed by atoms with E-state index in [0.29, 0.717) is 26.2 Å². The molecule has 2 rings (SSSR count). The van der Waals surface area contributed by atoms with Gasteiger partial charge in [0.05, 0.1) is 0 Å². The summed E-state index contributed by atoms with van der Waals surface area (Å²) in [7, 11) is 0.607. The Bertz CT molecular complexity index is 636. The molecule has 1 fully saturated rings. The van der Waals surface area contributed by atoms with E-state index in [1.807, 2.05) is 0 Å². The molecule has 0 amide bonds. The number of piperidine rings is 1. The topological polar surface area (TPSA) is 3.24 Å². The fourth-order valence-corrected chi connectivity index (χ4v) is 7.91. The molecule has 0 aromatic heterocycles. The van der Waals surface area contributed by atoms with E-state index in [0.717, 1.165) is 0 Å². The number of hydrogen-bond donors (Lipinski definition) is 0. The van der Waals surface area contributed by atoms with Crippen LogP contribution in [0, 0.1) is 0 Å². The summed E-state index contributed by atoms with van der Waals surface area (Å²) in [6.45, 7) is 23.4. The predicted octanol–water partition coefficient (Wildman–Crippen LogP) is 7.63. The van der Waals surface area contributed by atoms with Crippen molar-refractivity contribution in [2.24, 2.45) is 0 Å². The maximum atomic E-state index is 7.26. The zero-order valence-corrected chi connectivity index (χ0v) is 21.7. The highest BCUT2D eigenvalue weighted by Crippen LogP contribution is 2.44. The molecule has 1 atom stereocenters. The number of rotatable bonds is 6. The van der Waals surface area contributed by atoms with E-state index in [1.54, 1.807) is 0 Å². The molecule has 0 saturated carbocycles. The van der Waals surface area contributed by atoms with Gasteiger partial charge in [-0.25, -0.2) is 0 Å². The third-order valence-electron chi connectivity index (χ3n) is 6.50. The van der Waals surface area contributed by atoms with Gasteiger partial charge in [0.25, 0.3) is 0 Å². The molecule has 1 unspecified atom stereocenters. The van der Waals surface area contributed by atoms with Gasteiger partial charge in [-0.3, -0.25) is 0 Å². The molecule has 28 heavy (non-hydrogen) atoms. The summed E-state index contributed by atoms with van der Waals surface area (Å²) < 4.78 is 0. The lowest BCUT2D eigenvalue weighted by atomic mass is 9.76. The summed E-state index contributed by atoms with van der Waals surface area (Å²) in [4.78, 5) is 2.62. The minimum absolute atomic E-state index is 0.0465.